The maximum Gasteiger partial charge on any atom is 0.123 e. The molecule has 1 N–H and O–H groups in total. The first-order valence-corrected chi connectivity index (χ1v) is 7.29. The first-order valence-electron chi connectivity index (χ1n) is 7.29. The van der Waals surface area contributed by atoms with Crippen LogP contribution in [0.5, 0.6) is 0 Å². The Morgan fingerprint density at radius 3 is 2.84 bits per heavy atom. The molecular formula is C16H26FNO. The molecule has 0 aliphatic rings. The quantitative estimate of drug-likeness (QED) is 0.656. The molecule has 1 aromatic rings. The van der Waals surface area contributed by atoms with E-state index in [9.17, 15) is 4.39 Å². The largest absolute Gasteiger partial charge is 0.382 e. The van der Waals surface area contributed by atoms with Gasteiger partial charge >= 0.3 is 0 Å². The summed E-state index contributed by atoms with van der Waals surface area (Å²) in [5, 5.41) is 3.45. The van der Waals surface area contributed by atoms with Gasteiger partial charge in [-0.3, -0.25) is 0 Å². The predicted molar refractivity (Wildman–Crippen MR) is 77.9 cm³/mol. The van der Waals surface area contributed by atoms with E-state index in [1.54, 1.807) is 12.1 Å². The van der Waals surface area contributed by atoms with Crippen molar-refractivity contribution < 1.29 is 9.13 Å². The Hall–Kier alpha value is -0.930. The van der Waals surface area contributed by atoms with Gasteiger partial charge in [0.1, 0.15) is 5.82 Å². The minimum Gasteiger partial charge on any atom is -0.382 e. The number of halogens is 1. The Morgan fingerprint density at radius 1 is 1.32 bits per heavy atom. The van der Waals surface area contributed by atoms with E-state index in [1.807, 2.05) is 13.0 Å². The van der Waals surface area contributed by atoms with E-state index in [4.69, 9.17) is 4.74 Å². The zero-order valence-electron chi connectivity index (χ0n) is 12.1. The fraction of sp³-hybridized carbons (Fsp3) is 0.625. The van der Waals surface area contributed by atoms with Crippen molar-refractivity contribution in [3.8, 4) is 0 Å². The number of nitrogens with one attached hydrogen (secondary N) is 1. The van der Waals surface area contributed by atoms with Crippen LogP contribution in [-0.4, -0.2) is 26.3 Å². The lowest BCUT2D eigenvalue weighted by molar-refractivity contribution is 0.131. The van der Waals surface area contributed by atoms with Crippen molar-refractivity contribution in [1.82, 2.24) is 5.32 Å². The van der Waals surface area contributed by atoms with E-state index >= 15 is 0 Å². The molecular weight excluding hydrogens is 241 g/mol. The second-order valence-electron chi connectivity index (χ2n) is 4.89. The van der Waals surface area contributed by atoms with Crippen molar-refractivity contribution in [2.75, 3.05) is 26.3 Å². The number of hydrogen-bond donors (Lipinski definition) is 1. The van der Waals surface area contributed by atoms with Crippen LogP contribution in [0.4, 0.5) is 4.39 Å². The predicted octanol–water partition coefficient (Wildman–Crippen LogP) is 3.41. The highest BCUT2D eigenvalue weighted by molar-refractivity contribution is 5.16. The zero-order chi connectivity index (χ0) is 13.9. The second-order valence-corrected chi connectivity index (χ2v) is 4.89. The molecule has 0 saturated heterocycles. The highest BCUT2D eigenvalue weighted by atomic mass is 19.1. The number of benzene rings is 1. The molecule has 0 aliphatic carbocycles. The van der Waals surface area contributed by atoms with Crippen LogP contribution in [0.2, 0.25) is 0 Å². The topological polar surface area (TPSA) is 21.3 Å². The monoisotopic (exact) mass is 267 g/mol. The van der Waals surface area contributed by atoms with Gasteiger partial charge in [-0.1, -0.05) is 19.1 Å². The standard InChI is InChI=1S/C16H26FNO/c1-3-9-18-13-15(8-10-19-4-2)11-14-6-5-7-16(17)12-14/h5-7,12,15,18H,3-4,8-11,13H2,1-2H3. The molecule has 1 rings (SSSR count). The van der Waals surface area contributed by atoms with E-state index in [0.29, 0.717) is 5.92 Å². The highest BCUT2D eigenvalue weighted by Crippen LogP contribution is 2.13. The first-order chi connectivity index (χ1) is 9.26. The summed E-state index contributed by atoms with van der Waals surface area (Å²) in [7, 11) is 0. The van der Waals surface area contributed by atoms with Crippen LogP contribution in [0.3, 0.4) is 0 Å². The molecule has 0 aliphatic heterocycles. The molecule has 2 nitrogen and oxygen atoms in total. The van der Waals surface area contributed by atoms with E-state index in [-0.39, 0.29) is 5.82 Å². The maximum atomic E-state index is 13.2. The minimum absolute atomic E-state index is 0.150. The van der Waals surface area contributed by atoms with Gasteiger partial charge < -0.3 is 10.1 Å². The summed E-state index contributed by atoms with van der Waals surface area (Å²) in [6.45, 7) is 7.72. The summed E-state index contributed by atoms with van der Waals surface area (Å²) in [5.74, 6) is 0.350. The van der Waals surface area contributed by atoms with Crippen molar-refractivity contribution in [3.05, 3.63) is 35.6 Å². The average molecular weight is 267 g/mol. The van der Waals surface area contributed by atoms with Gasteiger partial charge in [0.15, 0.2) is 0 Å². The fourth-order valence-corrected chi connectivity index (χ4v) is 2.15. The smallest absolute Gasteiger partial charge is 0.123 e. The van der Waals surface area contributed by atoms with Gasteiger partial charge in [-0.15, -0.1) is 0 Å². The third-order valence-corrected chi connectivity index (χ3v) is 3.15. The van der Waals surface area contributed by atoms with Crippen LogP contribution in [0.15, 0.2) is 24.3 Å². The summed E-state index contributed by atoms with van der Waals surface area (Å²) in [6, 6.07) is 6.90. The summed E-state index contributed by atoms with van der Waals surface area (Å²) in [6.07, 6.45) is 3.06. The van der Waals surface area contributed by atoms with Crippen LogP contribution in [0, 0.1) is 11.7 Å². The third-order valence-electron chi connectivity index (χ3n) is 3.15. The van der Waals surface area contributed by atoms with Crippen LogP contribution in [0.1, 0.15) is 32.3 Å². The molecule has 19 heavy (non-hydrogen) atoms. The van der Waals surface area contributed by atoms with Gasteiger partial charge in [0.25, 0.3) is 0 Å². The van der Waals surface area contributed by atoms with Crippen LogP contribution < -0.4 is 5.32 Å². The maximum absolute atomic E-state index is 13.2. The summed E-state index contributed by atoms with van der Waals surface area (Å²) in [4.78, 5) is 0. The number of ether oxygens (including phenoxy) is 1. The van der Waals surface area contributed by atoms with Gasteiger partial charge in [0, 0.05) is 13.2 Å². The van der Waals surface area contributed by atoms with Crippen molar-refractivity contribution in [1.29, 1.82) is 0 Å². The molecule has 0 bridgehead atoms. The molecule has 0 amide bonds. The zero-order valence-corrected chi connectivity index (χ0v) is 12.1. The fourth-order valence-electron chi connectivity index (χ4n) is 2.15. The third kappa shape index (κ3) is 7.28. The molecule has 1 aromatic carbocycles. The molecule has 0 aromatic heterocycles. The van der Waals surface area contributed by atoms with Crippen LogP contribution in [0.25, 0.3) is 0 Å². The van der Waals surface area contributed by atoms with Crippen LogP contribution >= 0.6 is 0 Å². The summed E-state index contributed by atoms with van der Waals surface area (Å²) >= 11 is 0. The van der Waals surface area contributed by atoms with Crippen molar-refractivity contribution in [3.63, 3.8) is 0 Å². The van der Waals surface area contributed by atoms with E-state index < -0.39 is 0 Å². The SMILES string of the molecule is CCCNCC(CCOCC)Cc1cccc(F)c1. The Kier molecular flexibility index (Phi) is 8.43. The molecule has 1 atom stereocenters. The first kappa shape index (κ1) is 16.1. The molecule has 0 heterocycles. The van der Waals surface area contributed by atoms with E-state index in [2.05, 4.69) is 12.2 Å². The molecule has 1 unspecified atom stereocenters. The Balaban J connectivity index is 2.46. The number of rotatable bonds is 10. The van der Waals surface area contributed by atoms with Gasteiger partial charge in [-0.25, -0.2) is 4.39 Å². The summed E-state index contributed by atoms with van der Waals surface area (Å²) in [5.41, 5.74) is 1.07. The normalized spacial score (nSPS) is 12.6. The van der Waals surface area contributed by atoms with Gasteiger partial charge in [-0.2, -0.15) is 0 Å². The molecule has 3 heteroatoms. The lowest BCUT2D eigenvalue weighted by Gasteiger charge is -2.17. The van der Waals surface area contributed by atoms with E-state index in [0.717, 1.165) is 51.1 Å². The molecule has 108 valence electrons. The molecule has 0 fully saturated rings. The Bertz CT molecular complexity index is 333. The Labute approximate surface area is 116 Å². The Morgan fingerprint density at radius 2 is 2.16 bits per heavy atom. The van der Waals surface area contributed by atoms with Crippen molar-refractivity contribution >= 4 is 0 Å². The van der Waals surface area contributed by atoms with Crippen molar-refractivity contribution in [2.24, 2.45) is 5.92 Å². The molecule has 0 spiro atoms. The lowest BCUT2D eigenvalue weighted by atomic mass is 9.96. The average Bonchev–Trinajstić information content (AvgIpc) is 2.39. The molecule has 0 saturated carbocycles. The number of hydrogen-bond acceptors (Lipinski definition) is 2. The van der Waals surface area contributed by atoms with Crippen molar-refractivity contribution in [2.45, 2.75) is 33.1 Å². The minimum atomic E-state index is -0.150. The van der Waals surface area contributed by atoms with Crippen LogP contribution in [-0.2, 0) is 11.2 Å². The van der Waals surface area contributed by atoms with Gasteiger partial charge in [-0.05, 0) is 62.9 Å². The molecule has 0 radical (unpaired) electrons. The van der Waals surface area contributed by atoms with E-state index in [1.165, 1.54) is 6.07 Å². The van der Waals surface area contributed by atoms with Gasteiger partial charge in [0.2, 0.25) is 0 Å². The second kappa shape index (κ2) is 9.93. The summed E-state index contributed by atoms with van der Waals surface area (Å²) < 4.78 is 18.6. The highest BCUT2D eigenvalue weighted by Gasteiger charge is 2.10. The van der Waals surface area contributed by atoms with Gasteiger partial charge in [0.05, 0.1) is 0 Å². The lowest BCUT2D eigenvalue weighted by Crippen LogP contribution is -2.26.